The fourth-order valence-corrected chi connectivity index (χ4v) is 3.03. The average Bonchev–Trinajstić information content (AvgIpc) is 3.34. The third-order valence-corrected chi connectivity index (χ3v) is 4.25. The number of aryl methyl sites for hydroxylation is 2. The molecular weight excluding hydrogens is 330 g/mol. The summed E-state index contributed by atoms with van der Waals surface area (Å²) in [6.07, 6.45) is 2.13. The number of carbonyl (C=O) groups is 1. The number of aromatic nitrogens is 4. The van der Waals surface area contributed by atoms with E-state index in [0.29, 0.717) is 36.1 Å². The summed E-state index contributed by atoms with van der Waals surface area (Å²) in [6.45, 7) is 4.55. The molecule has 0 aliphatic rings. The Balaban J connectivity index is 1.39. The van der Waals surface area contributed by atoms with Gasteiger partial charge in [0, 0.05) is 23.9 Å². The summed E-state index contributed by atoms with van der Waals surface area (Å²) >= 11 is 0. The van der Waals surface area contributed by atoms with E-state index in [9.17, 15) is 4.79 Å². The molecule has 0 atom stereocenters. The molecule has 132 valence electrons. The topological polar surface area (TPSA) is 99.6 Å². The molecule has 7 heteroatoms. The Bertz CT molecular complexity index is 1060. The van der Waals surface area contributed by atoms with Crippen LogP contribution in [-0.2, 0) is 6.42 Å². The highest BCUT2D eigenvalue weighted by Gasteiger charge is 2.12. The second-order valence-corrected chi connectivity index (χ2v) is 6.31. The molecule has 0 radical (unpaired) electrons. The Morgan fingerprint density at radius 1 is 1.27 bits per heavy atom. The monoisotopic (exact) mass is 349 g/mol. The minimum absolute atomic E-state index is 0.135. The van der Waals surface area contributed by atoms with Crippen molar-refractivity contribution < 1.29 is 9.21 Å². The van der Waals surface area contributed by atoms with Gasteiger partial charge in [0.1, 0.15) is 11.5 Å². The van der Waals surface area contributed by atoms with Crippen molar-refractivity contribution in [3.8, 4) is 11.6 Å². The third kappa shape index (κ3) is 3.11. The highest BCUT2D eigenvalue weighted by Crippen LogP contribution is 2.21. The molecule has 0 saturated heterocycles. The molecule has 26 heavy (non-hydrogen) atoms. The Morgan fingerprint density at radius 2 is 2.15 bits per heavy atom. The quantitative estimate of drug-likeness (QED) is 0.515. The molecule has 0 bridgehead atoms. The lowest BCUT2D eigenvalue weighted by molar-refractivity contribution is 0.0950. The van der Waals surface area contributed by atoms with Gasteiger partial charge in [0.2, 0.25) is 5.82 Å². The Kier molecular flexibility index (Phi) is 4.04. The second kappa shape index (κ2) is 6.51. The zero-order valence-electron chi connectivity index (χ0n) is 14.6. The molecule has 4 aromatic rings. The fourth-order valence-electron chi connectivity index (χ4n) is 3.03. The molecule has 3 aromatic heterocycles. The maximum absolute atomic E-state index is 12.4. The van der Waals surface area contributed by atoms with E-state index in [4.69, 9.17) is 4.42 Å². The summed E-state index contributed by atoms with van der Waals surface area (Å²) < 4.78 is 5.26. The van der Waals surface area contributed by atoms with Crippen molar-refractivity contribution in [1.82, 2.24) is 25.5 Å². The van der Waals surface area contributed by atoms with E-state index < -0.39 is 0 Å². The van der Waals surface area contributed by atoms with Crippen LogP contribution in [0, 0.1) is 13.8 Å². The summed E-state index contributed by atoms with van der Waals surface area (Å²) in [5.41, 5.74) is 3.86. The van der Waals surface area contributed by atoms with E-state index in [1.54, 1.807) is 18.4 Å². The predicted octanol–water partition coefficient (Wildman–Crippen LogP) is 3.14. The lowest BCUT2D eigenvalue weighted by Crippen LogP contribution is -2.26. The van der Waals surface area contributed by atoms with Crippen LogP contribution < -0.4 is 5.32 Å². The van der Waals surface area contributed by atoms with Gasteiger partial charge in [-0.25, -0.2) is 4.98 Å². The van der Waals surface area contributed by atoms with Gasteiger partial charge in [0.15, 0.2) is 5.76 Å². The third-order valence-electron chi connectivity index (χ3n) is 4.25. The number of H-pyrrole nitrogens is 2. The number of benzene rings is 1. The van der Waals surface area contributed by atoms with Crippen LogP contribution in [0.3, 0.4) is 0 Å². The van der Waals surface area contributed by atoms with Crippen LogP contribution in [0.5, 0.6) is 0 Å². The molecule has 4 rings (SSSR count). The number of furan rings is 1. The number of fused-ring (bicyclic) bond motifs is 1. The Hall–Kier alpha value is -3.35. The van der Waals surface area contributed by atoms with E-state index >= 15 is 0 Å². The van der Waals surface area contributed by atoms with Crippen molar-refractivity contribution in [2.75, 3.05) is 6.54 Å². The van der Waals surface area contributed by atoms with Crippen LogP contribution in [0.15, 0.2) is 41.0 Å². The SMILES string of the molecule is Cc1cc(C)c2cc(C(=O)NCCc3nc(-c4ccco4)n[nH]3)[nH]c2c1. The van der Waals surface area contributed by atoms with Crippen molar-refractivity contribution in [2.45, 2.75) is 20.3 Å². The van der Waals surface area contributed by atoms with Crippen LogP contribution >= 0.6 is 0 Å². The van der Waals surface area contributed by atoms with E-state index in [0.717, 1.165) is 16.5 Å². The smallest absolute Gasteiger partial charge is 0.267 e. The van der Waals surface area contributed by atoms with E-state index in [1.165, 1.54) is 5.56 Å². The number of nitrogens with one attached hydrogen (secondary N) is 3. The standard InChI is InChI=1S/C19H19N5O2/c1-11-8-12(2)13-10-15(21-14(13)9-11)19(25)20-6-5-17-22-18(24-23-17)16-4-3-7-26-16/h3-4,7-10,21H,5-6H2,1-2H3,(H,20,25)(H,22,23,24). The van der Waals surface area contributed by atoms with Gasteiger partial charge >= 0.3 is 0 Å². The minimum atomic E-state index is -0.135. The Morgan fingerprint density at radius 3 is 2.96 bits per heavy atom. The van der Waals surface area contributed by atoms with Crippen LogP contribution in [0.1, 0.15) is 27.4 Å². The van der Waals surface area contributed by atoms with Gasteiger partial charge in [-0.2, -0.15) is 5.10 Å². The van der Waals surface area contributed by atoms with Gasteiger partial charge < -0.3 is 14.7 Å². The molecule has 3 N–H and O–H groups in total. The lowest BCUT2D eigenvalue weighted by Gasteiger charge is -2.01. The molecule has 0 saturated carbocycles. The molecule has 0 aliphatic carbocycles. The maximum atomic E-state index is 12.4. The molecular formula is C19H19N5O2. The summed E-state index contributed by atoms with van der Waals surface area (Å²) in [4.78, 5) is 19.9. The van der Waals surface area contributed by atoms with Gasteiger partial charge in [-0.3, -0.25) is 9.89 Å². The maximum Gasteiger partial charge on any atom is 0.267 e. The number of nitrogens with zero attached hydrogens (tertiary/aromatic N) is 2. The van der Waals surface area contributed by atoms with E-state index in [1.807, 2.05) is 26.0 Å². The van der Waals surface area contributed by atoms with Crippen LogP contribution in [0.2, 0.25) is 0 Å². The second-order valence-electron chi connectivity index (χ2n) is 6.31. The largest absolute Gasteiger partial charge is 0.461 e. The van der Waals surface area contributed by atoms with Crippen molar-refractivity contribution in [2.24, 2.45) is 0 Å². The average molecular weight is 349 g/mol. The first-order valence-electron chi connectivity index (χ1n) is 8.43. The van der Waals surface area contributed by atoms with Gasteiger partial charge in [0.25, 0.3) is 5.91 Å². The first-order chi connectivity index (χ1) is 12.6. The number of hydrogen-bond donors (Lipinski definition) is 3. The first kappa shape index (κ1) is 16.1. The molecule has 0 unspecified atom stereocenters. The summed E-state index contributed by atoms with van der Waals surface area (Å²) in [5, 5.41) is 10.9. The molecule has 1 amide bonds. The van der Waals surface area contributed by atoms with Gasteiger partial charge in [-0.1, -0.05) is 6.07 Å². The molecule has 0 spiro atoms. The number of amides is 1. The zero-order chi connectivity index (χ0) is 18.1. The van der Waals surface area contributed by atoms with Crippen LogP contribution in [0.25, 0.3) is 22.5 Å². The summed E-state index contributed by atoms with van der Waals surface area (Å²) in [6, 6.07) is 9.63. The van der Waals surface area contributed by atoms with Gasteiger partial charge in [-0.05, 0) is 49.2 Å². The fraction of sp³-hybridized carbons (Fsp3) is 0.211. The minimum Gasteiger partial charge on any atom is -0.461 e. The van der Waals surface area contributed by atoms with Crippen molar-refractivity contribution in [3.63, 3.8) is 0 Å². The normalized spacial score (nSPS) is 11.2. The van der Waals surface area contributed by atoms with Gasteiger partial charge in [0.05, 0.1) is 6.26 Å². The molecule has 7 nitrogen and oxygen atoms in total. The molecule has 3 heterocycles. The van der Waals surface area contributed by atoms with Crippen molar-refractivity contribution in [3.05, 3.63) is 59.2 Å². The lowest BCUT2D eigenvalue weighted by atomic mass is 10.1. The molecule has 1 aromatic carbocycles. The van der Waals surface area contributed by atoms with Crippen LogP contribution in [0.4, 0.5) is 0 Å². The predicted molar refractivity (Wildman–Crippen MR) is 97.9 cm³/mol. The van der Waals surface area contributed by atoms with Gasteiger partial charge in [-0.15, -0.1) is 0 Å². The van der Waals surface area contributed by atoms with Crippen LogP contribution in [-0.4, -0.2) is 32.6 Å². The highest BCUT2D eigenvalue weighted by atomic mass is 16.3. The number of rotatable bonds is 5. The molecule has 0 fully saturated rings. The number of hydrogen-bond acceptors (Lipinski definition) is 4. The van der Waals surface area contributed by atoms with E-state index in [-0.39, 0.29) is 5.91 Å². The van der Waals surface area contributed by atoms with Crippen molar-refractivity contribution >= 4 is 16.8 Å². The Labute approximate surface area is 149 Å². The zero-order valence-corrected chi connectivity index (χ0v) is 14.6. The van der Waals surface area contributed by atoms with E-state index in [2.05, 4.69) is 31.5 Å². The number of aromatic amines is 2. The molecule has 0 aliphatic heterocycles. The summed E-state index contributed by atoms with van der Waals surface area (Å²) in [7, 11) is 0. The number of carbonyl (C=O) groups excluding carboxylic acids is 1. The highest BCUT2D eigenvalue weighted by molar-refractivity contribution is 5.98. The van der Waals surface area contributed by atoms with Crippen molar-refractivity contribution in [1.29, 1.82) is 0 Å². The first-order valence-corrected chi connectivity index (χ1v) is 8.43. The summed E-state index contributed by atoms with van der Waals surface area (Å²) in [5.74, 6) is 1.68.